The van der Waals surface area contributed by atoms with Gasteiger partial charge in [-0.2, -0.15) is 5.10 Å². The van der Waals surface area contributed by atoms with Crippen molar-refractivity contribution in [2.24, 2.45) is 0 Å². The molecule has 1 aromatic carbocycles. The van der Waals surface area contributed by atoms with Crippen LogP contribution in [0.4, 0.5) is 0 Å². The number of likely N-dealkylation sites (N-methyl/N-ethyl adjacent to an activating group) is 1. The number of hydrogen-bond donors (Lipinski definition) is 3. The number of hydrogen-bond acceptors (Lipinski definition) is 5. The fraction of sp³-hybridized carbons (Fsp3) is 0.375. The first-order chi connectivity index (χ1) is 11.1. The molecule has 2 heterocycles. The van der Waals surface area contributed by atoms with E-state index in [4.69, 9.17) is 0 Å². The highest BCUT2D eigenvalue weighted by Gasteiger charge is 2.32. The molecule has 1 aliphatic heterocycles. The number of nitrogens with zero attached hydrogens (tertiary/aromatic N) is 3. The minimum absolute atomic E-state index is 0.0302. The minimum atomic E-state index is -0.303. The van der Waals surface area contributed by atoms with Gasteiger partial charge in [0.1, 0.15) is 11.8 Å². The summed E-state index contributed by atoms with van der Waals surface area (Å²) in [6.07, 6.45) is 4.20. The molecule has 0 aliphatic carbocycles. The lowest BCUT2D eigenvalue weighted by atomic mass is 10.0. The predicted octanol–water partition coefficient (Wildman–Crippen LogP) is 0.655. The lowest BCUT2D eigenvalue weighted by molar-refractivity contribution is -0.132. The summed E-state index contributed by atoms with van der Waals surface area (Å²) in [6, 6.07) is 8.66. The van der Waals surface area contributed by atoms with E-state index in [9.17, 15) is 9.90 Å². The Labute approximate surface area is 134 Å². The van der Waals surface area contributed by atoms with Crippen LogP contribution in [-0.4, -0.2) is 45.3 Å². The minimum Gasteiger partial charge on any atom is -0.508 e. The first-order valence-corrected chi connectivity index (χ1v) is 7.66. The molecule has 2 aromatic rings. The molecule has 0 saturated carbocycles. The number of carbonyl (C=O) groups excluding carboxylic acids is 1. The Kier molecular flexibility index (Phi) is 4.59. The van der Waals surface area contributed by atoms with Crippen LogP contribution in [0.2, 0.25) is 0 Å². The van der Waals surface area contributed by atoms with Gasteiger partial charge in [-0.1, -0.05) is 18.2 Å². The van der Waals surface area contributed by atoms with Crippen LogP contribution in [0.15, 0.2) is 42.7 Å². The maximum atomic E-state index is 12.5. The van der Waals surface area contributed by atoms with Crippen LogP contribution >= 0.6 is 0 Å². The molecule has 1 saturated heterocycles. The zero-order valence-electron chi connectivity index (χ0n) is 13.0. The molecule has 0 spiro atoms. The Morgan fingerprint density at radius 2 is 2.22 bits per heavy atom. The van der Waals surface area contributed by atoms with Crippen molar-refractivity contribution in [2.45, 2.75) is 25.0 Å². The Bertz CT molecular complexity index is 658. The molecule has 23 heavy (non-hydrogen) atoms. The van der Waals surface area contributed by atoms with E-state index in [-0.39, 0.29) is 23.7 Å². The second kappa shape index (κ2) is 6.80. The fourth-order valence-electron chi connectivity index (χ4n) is 2.77. The van der Waals surface area contributed by atoms with E-state index < -0.39 is 0 Å². The molecular weight excluding hydrogens is 294 g/mol. The van der Waals surface area contributed by atoms with Gasteiger partial charge in [-0.05, 0) is 18.6 Å². The molecule has 1 aromatic heterocycles. The number of phenols is 1. The molecule has 0 bridgehead atoms. The van der Waals surface area contributed by atoms with Crippen molar-refractivity contribution < 1.29 is 9.90 Å². The molecule has 122 valence electrons. The quantitative estimate of drug-likeness (QED) is 0.755. The lowest BCUT2D eigenvalue weighted by Crippen LogP contribution is -2.44. The van der Waals surface area contributed by atoms with Gasteiger partial charge in [-0.15, -0.1) is 0 Å². The van der Waals surface area contributed by atoms with E-state index in [1.807, 2.05) is 24.4 Å². The Morgan fingerprint density at radius 1 is 1.39 bits per heavy atom. The van der Waals surface area contributed by atoms with E-state index in [0.717, 1.165) is 5.56 Å². The summed E-state index contributed by atoms with van der Waals surface area (Å²) in [6.45, 7) is 1.26. The molecule has 3 rings (SSSR count). The molecule has 3 N–H and O–H groups in total. The largest absolute Gasteiger partial charge is 0.508 e. The SMILES string of the molecule is CN(CCn1cccn1)C(=O)C1CC(c2ccccc2O)NN1. The van der Waals surface area contributed by atoms with E-state index in [1.54, 1.807) is 35.0 Å². The van der Waals surface area contributed by atoms with Gasteiger partial charge < -0.3 is 10.0 Å². The van der Waals surface area contributed by atoms with Crippen LogP contribution in [0.1, 0.15) is 18.0 Å². The number of nitrogens with one attached hydrogen (secondary N) is 2. The van der Waals surface area contributed by atoms with Crippen LogP contribution in [0.3, 0.4) is 0 Å². The predicted molar refractivity (Wildman–Crippen MR) is 85.4 cm³/mol. The Morgan fingerprint density at radius 3 is 2.96 bits per heavy atom. The number of benzene rings is 1. The summed E-state index contributed by atoms with van der Waals surface area (Å²) in [5.41, 5.74) is 6.93. The van der Waals surface area contributed by atoms with Crippen molar-refractivity contribution in [1.29, 1.82) is 0 Å². The van der Waals surface area contributed by atoms with Crippen LogP contribution in [0.5, 0.6) is 5.75 Å². The monoisotopic (exact) mass is 315 g/mol. The van der Waals surface area contributed by atoms with Crippen molar-refractivity contribution in [3.05, 3.63) is 48.3 Å². The highest BCUT2D eigenvalue weighted by molar-refractivity contribution is 5.82. The van der Waals surface area contributed by atoms with Gasteiger partial charge in [0.05, 0.1) is 12.6 Å². The summed E-state index contributed by atoms with van der Waals surface area (Å²) < 4.78 is 1.80. The highest BCUT2D eigenvalue weighted by atomic mass is 16.3. The van der Waals surface area contributed by atoms with Crippen molar-refractivity contribution in [3.8, 4) is 5.75 Å². The normalized spacial score (nSPS) is 20.6. The maximum Gasteiger partial charge on any atom is 0.240 e. The molecule has 2 atom stereocenters. The first kappa shape index (κ1) is 15.5. The molecule has 1 fully saturated rings. The van der Waals surface area contributed by atoms with Crippen molar-refractivity contribution in [1.82, 2.24) is 25.5 Å². The second-order valence-electron chi connectivity index (χ2n) is 5.72. The van der Waals surface area contributed by atoms with Crippen molar-refractivity contribution in [3.63, 3.8) is 0 Å². The first-order valence-electron chi connectivity index (χ1n) is 7.66. The zero-order valence-corrected chi connectivity index (χ0v) is 13.0. The third kappa shape index (κ3) is 3.52. The summed E-state index contributed by atoms with van der Waals surface area (Å²) in [5.74, 6) is 0.273. The number of phenolic OH excluding ortho intramolecular Hbond substituents is 1. The third-order valence-corrected chi connectivity index (χ3v) is 4.11. The number of aromatic nitrogens is 2. The van der Waals surface area contributed by atoms with Gasteiger partial charge in [-0.25, -0.2) is 10.9 Å². The number of rotatable bonds is 5. The van der Waals surface area contributed by atoms with E-state index in [0.29, 0.717) is 19.5 Å². The molecule has 0 radical (unpaired) electrons. The van der Waals surface area contributed by atoms with Crippen LogP contribution < -0.4 is 10.9 Å². The second-order valence-corrected chi connectivity index (χ2v) is 5.72. The Hall–Kier alpha value is -2.38. The maximum absolute atomic E-state index is 12.5. The van der Waals surface area contributed by atoms with E-state index >= 15 is 0 Å². The summed E-state index contributed by atoms with van der Waals surface area (Å²) >= 11 is 0. The van der Waals surface area contributed by atoms with Gasteiger partial charge in [-0.3, -0.25) is 9.48 Å². The average molecular weight is 315 g/mol. The van der Waals surface area contributed by atoms with E-state index in [2.05, 4.69) is 16.0 Å². The van der Waals surface area contributed by atoms with Crippen LogP contribution in [0.25, 0.3) is 0 Å². The summed E-state index contributed by atoms with van der Waals surface area (Å²) in [4.78, 5) is 14.2. The molecule has 1 amide bonds. The molecule has 7 heteroatoms. The Balaban J connectivity index is 1.55. The molecule has 1 aliphatic rings. The van der Waals surface area contributed by atoms with Crippen molar-refractivity contribution in [2.75, 3.05) is 13.6 Å². The van der Waals surface area contributed by atoms with E-state index in [1.165, 1.54) is 0 Å². The number of para-hydroxylation sites is 1. The lowest BCUT2D eigenvalue weighted by Gasteiger charge is -2.20. The van der Waals surface area contributed by atoms with Gasteiger partial charge in [0.25, 0.3) is 0 Å². The number of carbonyl (C=O) groups is 1. The highest BCUT2D eigenvalue weighted by Crippen LogP contribution is 2.29. The van der Waals surface area contributed by atoms with Gasteiger partial charge in [0, 0.05) is 31.5 Å². The smallest absolute Gasteiger partial charge is 0.240 e. The molecule has 7 nitrogen and oxygen atoms in total. The van der Waals surface area contributed by atoms with Crippen LogP contribution in [-0.2, 0) is 11.3 Å². The van der Waals surface area contributed by atoms with Gasteiger partial charge >= 0.3 is 0 Å². The van der Waals surface area contributed by atoms with Crippen molar-refractivity contribution >= 4 is 5.91 Å². The summed E-state index contributed by atoms with van der Waals surface area (Å²) in [5, 5.41) is 14.1. The molecule has 2 unspecified atom stereocenters. The topological polar surface area (TPSA) is 82.4 Å². The van der Waals surface area contributed by atoms with Gasteiger partial charge in [0.2, 0.25) is 5.91 Å². The summed E-state index contributed by atoms with van der Waals surface area (Å²) in [7, 11) is 1.79. The van der Waals surface area contributed by atoms with Crippen LogP contribution in [0, 0.1) is 0 Å². The number of aromatic hydroxyl groups is 1. The standard InChI is InChI=1S/C16H21N5O2/c1-20(9-10-21-8-4-7-17-21)16(23)14-11-13(18-19-14)12-5-2-3-6-15(12)22/h2-8,13-14,18-19,22H,9-11H2,1H3. The zero-order chi connectivity index (χ0) is 16.2. The third-order valence-electron chi connectivity index (χ3n) is 4.11. The number of amides is 1. The fourth-order valence-corrected chi connectivity index (χ4v) is 2.77. The average Bonchev–Trinajstić information content (AvgIpc) is 3.24. The molecular formula is C16H21N5O2. The van der Waals surface area contributed by atoms with Gasteiger partial charge in [0.15, 0.2) is 0 Å². The number of hydrazine groups is 1.